The predicted molar refractivity (Wildman–Crippen MR) is 119 cm³/mol. The summed E-state index contributed by atoms with van der Waals surface area (Å²) in [6.45, 7) is 11.8. The molecule has 0 fully saturated rings. The van der Waals surface area contributed by atoms with Crippen LogP contribution in [0.3, 0.4) is 0 Å². The molecule has 0 saturated heterocycles. The van der Waals surface area contributed by atoms with E-state index in [1.54, 1.807) is 30.3 Å². The Bertz CT molecular complexity index is 816. The Hall–Kier alpha value is -2.86. The molecule has 0 aliphatic heterocycles. The van der Waals surface area contributed by atoms with E-state index in [2.05, 4.69) is 43.2 Å². The molecule has 0 saturated carbocycles. The third kappa shape index (κ3) is 6.06. The zero-order valence-corrected chi connectivity index (χ0v) is 18.0. The lowest BCUT2D eigenvalue weighted by molar-refractivity contribution is 0.0938. The predicted octanol–water partition coefficient (Wildman–Crippen LogP) is 3.68. The van der Waals surface area contributed by atoms with E-state index in [0.717, 1.165) is 12.1 Å². The Labute approximate surface area is 173 Å². The fourth-order valence-electron chi connectivity index (χ4n) is 3.33. The van der Waals surface area contributed by atoms with Crippen molar-refractivity contribution in [3.05, 3.63) is 59.2 Å². The first-order valence-corrected chi connectivity index (χ1v) is 10.0. The van der Waals surface area contributed by atoms with Crippen LogP contribution >= 0.6 is 0 Å². The number of nitrogens with one attached hydrogen (secondary N) is 2. The minimum Gasteiger partial charge on any atom is -0.397 e. The summed E-state index contributed by atoms with van der Waals surface area (Å²) in [4.78, 5) is 27.2. The lowest BCUT2D eigenvalue weighted by Gasteiger charge is -2.30. The minimum atomic E-state index is -0.262. The molecule has 6 nitrogen and oxygen atoms in total. The number of nitrogen functional groups attached to an aromatic ring is 1. The fraction of sp³-hybridized carbons (Fsp3) is 0.391. The van der Waals surface area contributed by atoms with Gasteiger partial charge in [0.15, 0.2) is 0 Å². The van der Waals surface area contributed by atoms with E-state index in [0.29, 0.717) is 41.1 Å². The number of hydrogen-bond acceptors (Lipinski definition) is 4. The average Bonchev–Trinajstić information content (AvgIpc) is 2.67. The van der Waals surface area contributed by atoms with Crippen LogP contribution in [0.4, 0.5) is 11.4 Å². The zero-order chi connectivity index (χ0) is 21.6. The first-order chi connectivity index (χ1) is 13.7. The maximum Gasteiger partial charge on any atom is 0.255 e. The van der Waals surface area contributed by atoms with Crippen molar-refractivity contribution in [3.8, 4) is 0 Å². The number of benzene rings is 2. The molecular weight excluding hydrogens is 364 g/mol. The summed E-state index contributed by atoms with van der Waals surface area (Å²) in [7, 11) is 0. The number of carbonyl (C=O) groups excluding carboxylic acids is 2. The van der Waals surface area contributed by atoms with Crippen molar-refractivity contribution in [3.63, 3.8) is 0 Å². The molecule has 0 atom stereocenters. The zero-order valence-electron chi connectivity index (χ0n) is 18.0. The van der Waals surface area contributed by atoms with Crippen LogP contribution in [0.2, 0.25) is 0 Å². The number of anilines is 2. The SMILES string of the molecule is Cc1cccc(N)c1NC(=O)c1ccc(C(=O)NCCN(C(C)C)C(C)C)cc1. The highest BCUT2D eigenvalue weighted by atomic mass is 16.2. The molecule has 0 spiro atoms. The second-order valence-electron chi connectivity index (χ2n) is 7.75. The Morgan fingerprint density at radius 1 is 0.931 bits per heavy atom. The summed E-state index contributed by atoms with van der Waals surface area (Å²) in [5, 5.41) is 5.79. The number of aryl methyl sites for hydroxylation is 1. The highest BCUT2D eigenvalue weighted by Gasteiger charge is 2.14. The van der Waals surface area contributed by atoms with Crippen molar-refractivity contribution in [2.45, 2.75) is 46.7 Å². The number of rotatable bonds is 8. The van der Waals surface area contributed by atoms with E-state index in [4.69, 9.17) is 5.73 Å². The van der Waals surface area contributed by atoms with Crippen molar-refractivity contribution in [2.75, 3.05) is 24.1 Å². The average molecular weight is 397 g/mol. The van der Waals surface area contributed by atoms with E-state index >= 15 is 0 Å². The molecular formula is C23H32N4O2. The van der Waals surface area contributed by atoms with Crippen LogP contribution in [0.1, 0.15) is 54.0 Å². The van der Waals surface area contributed by atoms with Crippen LogP contribution in [-0.4, -0.2) is 41.9 Å². The van der Waals surface area contributed by atoms with E-state index < -0.39 is 0 Å². The normalized spacial score (nSPS) is 11.2. The Morgan fingerprint density at radius 3 is 2.00 bits per heavy atom. The van der Waals surface area contributed by atoms with Gasteiger partial charge >= 0.3 is 0 Å². The molecule has 0 aliphatic carbocycles. The van der Waals surface area contributed by atoms with Crippen LogP contribution in [0.15, 0.2) is 42.5 Å². The van der Waals surface area contributed by atoms with Gasteiger partial charge < -0.3 is 16.4 Å². The molecule has 4 N–H and O–H groups in total. The summed E-state index contributed by atoms with van der Waals surface area (Å²) >= 11 is 0. The summed E-state index contributed by atoms with van der Waals surface area (Å²) in [6.07, 6.45) is 0. The van der Waals surface area contributed by atoms with Gasteiger partial charge in [-0.1, -0.05) is 12.1 Å². The van der Waals surface area contributed by atoms with Crippen LogP contribution < -0.4 is 16.4 Å². The lowest BCUT2D eigenvalue weighted by Crippen LogP contribution is -2.42. The summed E-state index contributed by atoms with van der Waals surface area (Å²) in [5.41, 5.74) is 8.96. The van der Waals surface area contributed by atoms with E-state index in [1.807, 2.05) is 19.1 Å². The highest BCUT2D eigenvalue weighted by Crippen LogP contribution is 2.23. The van der Waals surface area contributed by atoms with E-state index in [-0.39, 0.29) is 11.8 Å². The minimum absolute atomic E-state index is 0.146. The van der Waals surface area contributed by atoms with Gasteiger partial charge in [0.2, 0.25) is 0 Å². The van der Waals surface area contributed by atoms with Crippen LogP contribution in [0, 0.1) is 6.92 Å². The molecule has 6 heteroatoms. The highest BCUT2D eigenvalue weighted by molar-refractivity contribution is 6.06. The molecule has 156 valence electrons. The van der Waals surface area contributed by atoms with Crippen LogP contribution in [-0.2, 0) is 0 Å². The number of amides is 2. The molecule has 0 radical (unpaired) electrons. The van der Waals surface area contributed by atoms with Gasteiger partial charge in [-0.2, -0.15) is 0 Å². The molecule has 2 aromatic carbocycles. The second-order valence-corrected chi connectivity index (χ2v) is 7.75. The van der Waals surface area contributed by atoms with Gasteiger partial charge in [-0.15, -0.1) is 0 Å². The van der Waals surface area contributed by atoms with E-state index in [9.17, 15) is 9.59 Å². The Morgan fingerprint density at radius 2 is 1.48 bits per heavy atom. The molecule has 0 aromatic heterocycles. The lowest BCUT2D eigenvalue weighted by atomic mass is 10.1. The van der Waals surface area contributed by atoms with Crippen molar-refractivity contribution < 1.29 is 9.59 Å². The van der Waals surface area contributed by atoms with Crippen molar-refractivity contribution >= 4 is 23.2 Å². The quantitative estimate of drug-likeness (QED) is 0.594. The molecule has 0 unspecified atom stereocenters. The maximum absolute atomic E-state index is 12.5. The molecule has 2 aromatic rings. The van der Waals surface area contributed by atoms with Crippen molar-refractivity contribution in [1.29, 1.82) is 0 Å². The monoisotopic (exact) mass is 396 g/mol. The molecule has 29 heavy (non-hydrogen) atoms. The third-order valence-corrected chi connectivity index (χ3v) is 4.93. The van der Waals surface area contributed by atoms with Gasteiger partial charge in [0.25, 0.3) is 11.8 Å². The van der Waals surface area contributed by atoms with Gasteiger partial charge in [0, 0.05) is 36.3 Å². The van der Waals surface area contributed by atoms with Crippen molar-refractivity contribution in [1.82, 2.24) is 10.2 Å². The summed E-state index contributed by atoms with van der Waals surface area (Å²) in [5.74, 6) is -0.407. The Kier molecular flexibility index (Phi) is 7.79. The molecule has 0 aliphatic rings. The number of nitrogens with two attached hydrogens (primary N) is 1. The topological polar surface area (TPSA) is 87.5 Å². The van der Waals surface area contributed by atoms with Gasteiger partial charge in [-0.25, -0.2) is 0 Å². The van der Waals surface area contributed by atoms with Gasteiger partial charge in [-0.05, 0) is 70.5 Å². The van der Waals surface area contributed by atoms with Crippen LogP contribution in [0.25, 0.3) is 0 Å². The number of hydrogen-bond donors (Lipinski definition) is 3. The number of nitrogens with zero attached hydrogens (tertiary/aromatic N) is 1. The van der Waals surface area contributed by atoms with Gasteiger partial charge in [-0.3, -0.25) is 14.5 Å². The second kappa shape index (κ2) is 10.1. The Balaban J connectivity index is 1.95. The smallest absolute Gasteiger partial charge is 0.255 e. The molecule has 2 amide bonds. The molecule has 2 rings (SSSR count). The summed E-state index contributed by atoms with van der Waals surface area (Å²) < 4.78 is 0. The maximum atomic E-state index is 12.5. The van der Waals surface area contributed by atoms with Gasteiger partial charge in [0.05, 0.1) is 11.4 Å². The fourth-order valence-corrected chi connectivity index (χ4v) is 3.33. The number of carbonyl (C=O) groups is 2. The van der Waals surface area contributed by atoms with E-state index in [1.165, 1.54) is 0 Å². The first kappa shape index (κ1) is 22.4. The third-order valence-electron chi connectivity index (χ3n) is 4.93. The standard InChI is InChI=1S/C23H32N4O2/c1-15(2)27(16(3)4)14-13-25-22(28)18-9-11-19(12-10-18)23(29)26-21-17(5)7-6-8-20(21)24/h6-12,15-16H,13-14,24H2,1-5H3,(H,25,28)(H,26,29). The molecule has 0 bridgehead atoms. The number of para-hydroxylation sites is 1. The van der Waals surface area contributed by atoms with Crippen molar-refractivity contribution in [2.24, 2.45) is 0 Å². The summed E-state index contributed by atoms with van der Waals surface area (Å²) in [6, 6.07) is 12.9. The largest absolute Gasteiger partial charge is 0.397 e. The molecule has 0 heterocycles. The van der Waals surface area contributed by atoms with Gasteiger partial charge in [0.1, 0.15) is 0 Å². The first-order valence-electron chi connectivity index (χ1n) is 10.0. The van der Waals surface area contributed by atoms with Crippen LogP contribution in [0.5, 0.6) is 0 Å².